The number of likely N-dealkylation sites (tertiary alicyclic amines) is 1. The molecule has 1 N–H and O–H groups in total. The van der Waals surface area contributed by atoms with Gasteiger partial charge in [-0.1, -0.05) is 0 Å². The SMILES string of the molecule is N#CCOC(=O)N1CCC(O)CC1. The number of hydrogen-bond acceptors (Lipinski definition) is 4. The van der Waals surface area contributed by atoms with Gasteiger partial charge in [0.05, 0.1) is 6.10 Å². The minimum Gasteiger partial charge on any atom is -0.434 e. The van der Waals surface area contributed by atoms with Gasteiger partial charge in [-0.3, -0.25) is 0 Å². The second kappa shape index (κ2) is 4.67. The van der Waals surface area contributed by atoms with Crippen LogP contribution in [0, 0.1) is 11.3 Å². The molecule has 1 aliphatic rings. The van der Waals surface area contributed by atoms with Crippen LogP contribution in [-0.4, -0.2) is 41.9 Å². The molecular weight excluding hydrogens is 172 g/mol. The topological polar surface area (TPSA) is 73.6 Å². The molecule has 1 aliphatic heterocycles. The van der Waals surface area contributed by atoms with Crippen LogP contribution < -0.4 is 0 Å². The smallest absolute Gasteiger partial charge is 0.410 e. The van der Waals surface area contributed by atoms with E-state index in [0.717, 1.165) is 0 Å². The summed E-state index contributed by atoms with van der Waals surface area (Å²) in [4.78, 5) is 12.6. The van der Waals surface area contributed by atoms with Gasteiger partial charge in [-0.2, -0.15) is 5.26 Å². The predicted molar refractivity (Wildman–Crippen MR) is 43.8 cm³/mol. The molecule has 1 rings (SSSR count). The van der Waals surface area contributed by atoms with Crippen molar-refractivity contribution >= 4 is 6.09 Å². The Balaban J connectivity index is 2.28. The molecule has 0 aromatic carbocycles. The monoisotopic (exact) mass is 184 g/mol. The number of nitriles is 1. The summed E-state index contributed by atoms with van der Waals surface area (Å²) < 4.78 is 4.61. The first-order valence-corrected chi connectivity index (χ1v) is 4.20. The minimum atomic E-state index is -0.464. The molecule has 0 bridgehead atoms. The Hall–Kier alpha value is -1.28. The summed E-state index contributed by atoms with van der Waals surface area (Å²) in [7, 11) is 0. The Kier molecular flexibility index (Phi) is 3.53. The molecular formula is C8H12N2O3. The fourth-order valence-corrected chi connectivity index (χ4v) is 1.23. The largest absolute Gasteiger partial charge is 0.434 e. The van der Waals surface area contributed by atoms with Crippen LogP contribution in [0.5, 0.6) is 0 Å². The van der Waals surface area contributed by atoms with E-state index in [1.807, 2.05) is 0 Å². The Labute approximate surface area is 76.5 Å². The molecule has 1 heterocycles. The molecule has 0 aliphatic carbocycles. The zero-order valence-corrected chi connectivity index (χ0v) is 7.27. The van der Waals surface area contributed by atoms with Crippen molar-refractivity contribution in [1.29, 1.82) is 5.26 Å². The standard InChI is InChI=1S/C8H12N2O3/c9-3-6-13-8(12)10-4-1-7(11)2-5-10/h7,11H,1-2,4-6H2. The highest BCUT2D eigenvalue weighted by atomic mass is 16.6. The molecule has 0 radical (unpaired) electrons. The molecule has 0 aromatic rings. The molecule has 1 fully saturated rings. The van der Waals surface area contributed by atoms with Crippen LogP contribution in [0.3, 0.4) is 0 Å². The molecule has 5 heteroatoms. The van der Waals surface area contributed by atoms with Crippen LogP contribution in [-0.2, 0) is 4.74 Å². The molecule has 1 amide bonds. The molecule has 0 saturated carbocycles. The summed E-state index contributed by atoms with van der Waals surface area (Å²) in [6.45, 7) is 0.800. The maximum atomic E-state index is 11.1. The summed E-state index contributed by atoms with van der Waals surface area (Å²) >= 11 is 0. The zero-order chi connectivity index (χ0) is 9.68. The van der Waals surface area contributed by atoms with Gasteiger partial charge in [0.2, 0.25) is 0 Å². The number of amides is 1. The fourth-order valence-electron chi connectivity index (χ4n) is 1.23. The molecule has 0 atom stereocenters. The summed E-state index contributed by atoms with van der Waals surface area (Å²) in [6, 6.07) is 1.73. The lowest BCUT2D eigenvalue weighted by Crippen LogP contribution is -2.40. The van der Waals surface area contributed by atoms with E-state index in [-0.39, 0.29) is 12.7 Å². The van der Waals surface area contributed by atoms with Crippen molar-refractivity contribution in [2.24, 2.45) is 0 Å². The molecule has 0 aromatic heterocycles. The van der Waals surface area contributed by atoms with Crippen molar-refractivity contribution in [3.8, 4) is 6.07 Å². The first kappa shape index (κ1) is 9.81. The van der Waals surface area contributed by atoms with Crippen molar-refractivity contribution in [1.82, 2.24) is 4.90 Å². The van der Waals surface area contributed by atoms with Gasteiger partial charge in [0, 0.05) is 13.1 Å². The number of carbonyl (C=O) groups is 1. The Bertz CT molecular complexity index is 216. The molecule has 1 saturated heterocycles. The van der Waals surface area contributed by atoms with E-state index in [9.17, 15) is 4.79 Å². The molecule has 13 heavy (non-hydrogen) atoms. The number of aliphatic hydroxyl groups is 1. The van der Waals surface area contributed by atoms with Crippen molar-refractivity contribution in [3.63, 3.8) is 0 Å². The summed E-state index contributed by atoms with van der Waals surface area (Å²) in [6.07, 6.45) is 0.400. The van der Waals surface area contributed by atoms with E-state index >= 15 is 0 Å². The minimum absolute atomic E-state index is 0.210. The number of rotatable bonds is 1. The highest BCUT2D eigenvalue weighted by Crippen LogP contribution is 2.10. The van der Waals surface area contributed by atoms with E-state index in [1.54, 1.807) is 6.07 Å². The van der Waals surface area contributed by atoms with Crippen LogP contribution in [0.4, 0.5) is 4.79 Å². The van der Waals surface area contributed by atoms with E-state index in [2.05, 4.69) is 4.74 Å². The van der Waals surface area contributed by atoms with E-state index in [4.69, 9.17) is 10.4 Å². The Morgan fingerprint density at radius 3 is 2.77 bits per heavy atom. The zero-order valence-electron chi connectivity index (χ0n) is 7.27. The third-order valence-electron chi connectivity index (χ3n) is 1.98. The summed E-state index contributed by atoms with van der Waals surface area (Å²) in [5, 5.41) is 17.3. The van der Waals surface area contributed by atoms with Crippen molar-refractivity contribution in [2.45, 2.75) is 18.9 Å². The highest BCUT2D eigenvalue weighted by Gasteiger charge is 2.21. The fraction of sp³-hybridized carbons (Fsp3) is 0.750. The maximum Gasteiger partial charge on any atom is 0.410 e. The van der Waals surface area contributed by atoms with Crippen LogP contribution in [0.2, 0.25) is 0 Å². The van der Waals surface area contributed by atoms with Gasteiger partial charge in [0.25, 0.3) is 0 Å². The Morgan fingerprint density at radius 2 is 2.23 bits per heavy atom. The number of piperidine rings is 1. The number of ether oxygens (including phenoxy) is 1. The van der Waals surface area contributed by atoms with Crippen molar-refractivity contribution in [2.75, 3.05) is 19.7 Å². The van der Waals surface area contributed by atoms with Gasteiger partial charge < -0.3 is 14.7 Å². The van der Waals surface area contributed by atoms with Crippen molar-refractivity contribution in [3.05, 3.63) is 0 Å². The number of aliphatic hydroxyl groups excluding tert-OH is 1. The van der Waals surface area contributed by atoms with Gasteiger partial charge in [-0.05, 0) is 12.8 Å². The lowest BCUT2D eigenvalue weighted by Gasteiger charge is -2.28. The van der Waals surface area contributed by atoms with Gasteiger partial charge in [-0.25, -0.2) is 4.79 Å². The van der Waals surface area contributed by atoms with Gasteiger partial charge in [-0.15, -0.1) is 0 Å². The Morgan fingerprint density at radius 1 is 1.62 bits per heavy atom. The normalized spacial score (nSPS) is 18.0. The molecule has 0 unspecified atom stereocenters. The second-order valence-corrected chi connectivity index (χ2v) is 2.93. The van der Waals surface area contributed by atoms with E-state index < -0.39 is 6.09 Å². The number of carbonyl (C=O) groups excluding carboxylic acids is 1. The maximum absolute atomic E-state index is 11.1. The summed E-state index contributed by atoms with van der Waals surface area (Å²) in [5.74, 6) is 0. The lowest BCUT2D eigenvalue weighted by atomic mass is 10.1. The lowest BCUT2D eigenvalue weighted by molar-refractivity contribution is 0.0643. The molecule has 5 nitrogen and oxygen atoms in total. The van der Waals surface area contributed by atoms with Gasteiger partial charge in [0.1, 0.15) is 6.07 Å². The first-order valence-electron chi connectivity index (χ1n) is 4.20. The van der Waals surface area contributed by atoms with E-state index in [1.165, 1.54) is 4.90 Å². The number of nitrogens with zero attached hydrogens (tertiary/aromatic N) is 2. The molecule has 72 valence electrons. The average Bonchev–Trinajstić information content (AvgIpc) is 2.15. The van der Waals surface area contributed by atoms with E-state index in [0.29, 0.717) is 25.9 Å². The average molecular weight is 184 g/mol. The predicted octanol–water partition coefficient (Wildman–Crippen LogP) is 0.103. The van der Waals surface area contributed by atoms with Gasteiger partial charge in [0.15, 0.2) is 6.61 Å². The van der Waals surface area contributed by atoms with Crippen LogP contribution in [0.25, 0.3) is 0 Å². The quantitative estimate of drug-likeness (QED) is 0.627. The highest BCUT2D eigenvalue weighted by molar-refractivity contribution is 5.67. The number of hydrogen-bond donors (Lipinski definition) is 1. The van der Waals surface area contributed by atoms with Crippen LogP contribution in [0.1, 0.15) is 12.8 Å². The van der Waals surface area contributed by atoms with Crippen LogP contribution in [0.15, 0.2) is 0 Å². The van der Waals surface area contributed by atoms with Gasteiger partial charge >= 0.3 is 6.09 Å². The second-order valence-electron chi connectivity index (χ2n) is 2.93. The first-order chi connectivity index (χ1) is 6.24. The third kappa shape index (κ3) is 2.92. The van der Waals surface area contributed by atoms with Crippen LogP contribution >= 0.6 is 0 Å². The third-order valence-corrected chi connectivity index (χ3v) is 1.98. The summed E-state index contributed by atoms with van der Waals surface area (Å²) in [5.41, 5.74) is 0. The van der Waals surface area contributed by atoms with Crippen molar-refractivity contribution < 1.29 is 14.6 Å². The molecule has 0 spiro atoms.